The van der Waals surface area contributed by atoms with Crippen molar-refractivity contribution in [3.8, 4) is 0 Å². The second-order valence-electron chi connectivity index (χ2n) is 3.72. The molecule has 2 amide bonds. The smallest absolute Gasteiger partial charge is 0.327 e. The molecular weight excluding hydrogens is 178 g/mol. The lowest BCUT2D eigenvalue weighted by Gasteiger charge is -2.27. The van der Waals surface area contributed by atoms with Crippen LogP contribution in [0.5, 0.6) is 0 Å². The van der Waals surface area contributed by atoms with E-state index in [0.29, 0.717) is 6.54 Å². The second-order valence-corrected chi connectivity index (χ2v) is 3.72. The van der Waals surface area contributed by atoms with Crippen molar-refractivity contribution in [2.75, 3.05) is 6.54 Å². The highest BCUT2D eigenvalue weighted by molar-refractivity contribution is 6.01. The van der Waals surface area contributed by atoms with Crippen molar-refractivity contribution in [2.45, 2.75) is 33.2 Å². The standard InChI is InChI=1S/C10H15N3O/c1-4-8-6(2)9-5-11-10(14)13(9)7(3)12-8/h8H,4-5H2,1-3H3,(H,11,14). The van der Waals surface area contributed by atoms with Gasteiger partial charge >= 0.3 is 6.03 Å². The number of hydrogen-bond acceptors (Lipinski definition) is 2. The van der Waals surface area contributed by atoms with E-state index in [1.807, 2.05) is 6.92 Å². The van der Waals surface area contributed by atoms with Crippen molar-refractivity contribution in [3.05, 3.63) is 11.3 Å². The summed E-state index contributed by atoms with van der Waals surface area (Å²) in [6, 6.07) is 0.212. The molecule has 0 aromatic carbocycles. The molecule has 1 fully saturated rings. The Labute approximate surface area is 83.7 Å². The number of nitrogens with one attached hydrogen (secondary N) is 1. The number of hydrogen-bond donors (Lipinski definition) is 1. The molecule has 0 saturated carbocycles. The largest absolute Gasteiger partial charge is 0.332 e. The highest BCUT2D eigenvalue weighted by Gasteiger charge is 2.33. The molecule has 2 rings (SSSR count). The van der Waals surface area contributed by atoms with E-state index in [2.05, 4.69) is 24.2 Å². The van der Waals surface area contributed by atoms with Gasteiger partial charge in [-0.1, -0.05) is 6.92 Å². The Kier molecular flexibility index (Phi) is 2.06. The van der Waals surface area contributed by atoms with Crippen molar-refractivity contribution >= 4 is 11.9 Å². The maximum atomic E-state index is 11.5. The van der Waals surface area contributed by atoms with Crippen LogP contribution in [0.25, 0.3) is 0 Å². The van der Waals surface area contributed by atoms with Crippen molar-refractivity contribution in [1.82, 2.24) is 10.2 Å². The summed E-state index contributed by atoms with van der Waals surface area (Å²) < 4.78 is 0. The lowest BCUT2D eigenvalue weighted by atomic mass is 10.0. The Bertz CT molecular complexity index is 343. The fraction of sp³-hybridized carbons (Fsp3) is 0.600. The molecule has 2 heterocycles. The molecule has 4 nitrogen and oxygen atoms in total. The normalized spacial score (nSPS) is 26.2. The number of urea groups is 1. The molecule has 0 aromatic rings. The van der Waals surface area contributed by atoms with Gasteiger partial charge in [-0.2, -0.15) is 0 Å². The number of carbonyl (C=O) groups excluding carboxylic acids is 1. The third kappa shape index (κ3) is 1.14. The number of carbonyl (C=O) groups is 1. The Hall–Kier alpha value is -1.32. The number of amidine groups is 1. The van der Waals surface area contributed by atoms with Gasteiger partial charge in [0.1, 0.15) is 5.84 Å². The topological polar surface area (TPSA) is 44.7 Å². The maximum Gasteiger partial charge on any atom is 0.327 e. The number of rotatable bonds is 1. The number of amides is 2. The van der Waals surface area contributed by atoms with E-state index in [9.17, 15) is 4.79 Å². The summed E-state index contributed by atoms with van der Waals surface area (Å²) in [6.45, 7) is 6.71. The zero-order valence-corrected chi connectivity index (χ0v) is 8.79. The van der Waals surface area contributed by atoms with Crippen LogP contribution in [0.15, 0.2) is 16.3 Å². The van der Waals surface area contributed by atoms with Crippen LogP contribution in [0.4, 0.5) is 4.79 Å². The van der Waals surface area contributed by atoms with Crippen LogP contribution < -0.4 is 5.32 Å². The van der Waals surface area contributed by atoms with Gasteiger partial charge in [-0.05, 0) is 25.8 Å². The summed E-state index contributed by atoms with van der Waals surface area (Å²) in [7, 11) is 0. The molecular formula is C10H15N3O. The molecule has 0 aliphatic carbocycles. The van der Waals surface area contributed by atoms with Crippen LogP contribution in [0.2, 0.25) is 0 Å². The van der Waals surface area contributed by atoms with Gasteiger partial charge in [0.2, 0.25) is 0 Å². The van der Waals surface area contributed by atoms with E-state index >= 15 is 0 Å². The number of fused-ring (bicyclic) bond motifs is 1. The van der Waals surface area contributed by atoms with Crippen molar-refractivity contribution in [1.29, 1.82) is 0 Å². The fourth-order valence-corrected chi connectivity index (χ4v) is 2.07. The van der Waals surface area contributed by atoms with E-state index < -0.39 is 0 Å². The van der Waals surface area contributed by atoms with E-state index in [0.717, 1.165) is 18.0 Å². The third-order valence-corrected chi connectivity index (χ3v) is 2.89. The average Bonchev–Trinajstić information content (AvgIpc) is 2.54. The van der Waals surface area contributed by atoms with Crippen molar-refractivity contribution in [3.63, 3.8) is 0 Å². The summed E-state index contributed by atoms with van der Waals surface area (Å²) in [4.78, 5) is 17.6. The summed E-state index contributed by atoms with van der Waals surface area (Å²) >= 11 is 0. The predicted molar refractivity (Wildman–Crippen MR) is 55.1 cm³/mol. The SMILES string of the molecule is CCC1N=C(C)N2C(=O)NCC2=C1C. The minimum atomic E-state index is -0.0462. The van der Waals surface area contributed by atoms with E-state index in [-0.39, 0.29) is 12.1 Å². The van der Waals surface area contributed by atoms with Gasteiger partial charge in [0.25, 0.3) is 0 Å². The fourth-order valence-electron chi connectivity index (χ4n) is 2.07. The average molecular weight is 193 g/mol. The molecule has 76 valence electrons. The van der Waals surface area contributed by atoms with Crippen LogP contribution in [-0.2, 0) is 0 Å². The summed E-state index contributed by atoms with van der Waals surface area (Å²) in [5.41, 5.74) is 2.31. The van der Waals surface area contributed by atoms with Gasteiger partial charge in [-0.3, -0.25) is 9.89 Å². The maximum absolute atomic E-state index is 11.5. The van der Waals surface area contributed by atoms with Gasteiger partial charge in [-0.25, -0.2) is 4.79 Å². The van der Waals surface area contributed by atoms with Gasteiger partial charge in [0, 0.05) is 5.70 Å². The molecule has 0 bridgehead atoms. The highest BCUT2D eigenvalue weighted by atomic mass is 16.2. The molecule has 1 saturated heterocycles. The molecule has 0 spiro atoms. The van der Waals surface area contributed by atoms with Crippen LogP contribution in [0.3, 0.4) is 0 Å². The zero-order chi connectivity index (χ0) is 10.3. The first-order valence-corrected chi connectivity index (χ1v) is 4.97. The van der Waals surface area contributed by atoms with Crippen molar-refractivity contribution < 1.29 is 4.79 Å². The van der Waals surface area contributed by atoms with Crippen molar-refractivity contribution in [2.24, 2.45) is 4.99 Å². The van der Waals surface area contributed by atoms with Gasteiger partial charge in [0.15, 0.2) is 0 Å². The molecule has 1 atom stereocenters. The Morgan fingerprint density at radius 3 is 2.93 bits per heavy atom. The third-order valence-electron chi connectivity index (χ3n) is 2.89. The second kappa shape index (κ2) is 3.12. The van der Waals surface area contributed by atoms with E-state index in [1.165, 1.54) is 5.57 Å². The van der Waals surface area contributed by atoms with Gasteiger partial charge in [0.05, 0.1) is 12.6 Å². The number of nitrogens with zero attached hydrogens (tertiary/aromatic N) is 2. The lowest BCUT2D eigenvalue weighted by molar-refractivity contribution is 0.236. The molecule has 0 aromatic heterocycles. The van der Waals surface area contributed by atoms with Crippen LogP contribution in [0.1, 0.15) is 27.2 Å². The first-order chi connectivity index (χ1) is 6.65. The molecule has 1 N–H and O–H groups in total. The molecule has 0 radical (unpaired) electrons. The Balaban J connectivity index is 2.42. The monoisotopic (exact) mass is 193 g/mol. The Morgan fingerprint density at radius 2 is 2.29 bits per heavy atom. The van der Waals surface area contributed by atoms with Gasteiger partial charge in [-0.15, -0.1) is 0 Å². The minimum Gasteiger partial charge on any atom is -0.332 e. The predicted octanol–water partition coefficient (Wildman–Crippen LogP) is 1.50. The molecule has 2 aliphatic heterocycles. The molecule has 4 heteroatoms. The van der Waals surface area contributed by atoms with Crippen LogP contribution in [0, 0.1) is 0 Å². The van der Waals surface area contributed by atoms with Gasteiger partial charge < -0.3 is 5.32 Å². The summed E-state index contributed by atoms with van der Waals surface area (Å²) in [5.74, 6) is 0.812. The first-order valence-electron chi connectivity index (χ1n) is 4.97. The Morgan fingerprint density at radius 1 is 1.57 bits per heavy atom. The lowest BCUT2D eigenvalue weighted by Crippen LogP contribution is -2.36. The summed E-state index contributed by atoms with van der Waals surface area (Å²) in [6.07, 6.45) is 0.995. The number of aliphatic imine (C=N–C) groups is 1. The zero-order valence-electron chi connectivity index (χ0n) is 8.79. The minimum absolute atomic E-state index is 0.0462. The van der Waals surface area contributed by atoms with Crippen LogP contribution >= 0.6 is 0 Å². The molecule has 2 aliphatic rings. The van der Waals surface area contributed by atoms with E-state index in [1.54, 1.807) is 4.90 Å². The molecule has 1 unspecified atom stereocenters. The quantitative estimate of drug-likeness (QED) is 0.673. The highest BCUT2D eigenvalue weighted by Crippen LogP contribution is 2.26. The van der Waals surface area contributed by atoms with Crippen LogP contribution in [-0.4, -0.2) is 29.4 Å². The van der Waals surface area contributed by atoms with E-state index in [4.69, 9.17) is 0 Å². The summed E-state index contributed by atoms with van der Waals surface area (Å²) in [5, 5.41) is 2.82. The molecule has 14 heavy (non-hydrogen) atoms. The first kappa shape index (κ1) is 9.24.